The molecule has 1 heterocycles. The molecule has 0 saturated heterocycles. The van der Waals surface area contributed by atoms with Gasteiger partial charge in [0.1, 0.15) is 5.75 Å². The van der Waals surface area contributed by atoms with Crippen molar-refractivity contribution in [3.05, 3.63) is 51.2 Å². The normalized spacial score (nSPS) is 15.0. The molecule has 0 amide bonds. The highest BCUT2D eigenvalue weighted by Crippen LogP contribution is 2.36. The number of nitrogens with two attached hydrogens (primary N) is 1. The van der Waals surface area contributed by atoms with E-state index in [2.05, 4.69) is 30.5 Å². The van der Waals surface area contributed by atoms with Gasteiger partial charge >= 0.3 is 0 Å². The van der Waals surface area contributed by atoms with Gasteiger partial charge in [-0.25, -0.2) is 5.43 Å². The highest BCUT2D eigenvalue weighted by Gasteiger charge is 2.20. The molecule has 0 spiro atoms. The number of thiophene rings is 1. The highest BCUT2D eigenvalue weighted by molar-refractivity contribution is 7.12. The van der Waals surface area contributed by atoms with E-state index in [1.807, 2.05) is 23.5 Å². The quantitative estimate of drug-likeness (QED) is 0.633. The third-order valence-corrected chi connectivity index (χ3v) is 5.21. The van der Waals surface area contributed by atoms with Crippen molar-refractivity contribution >= 4 is 11.3 Å². The first-order valence-corrected chi connectivity index (χ1v) is 8.44. The van der Waals surface area contributed by atoms with Gasteiger partial charge in [0, 0.05) is 9.75 Å². The van der Waals surface area contributed by atoms with E-state index in [4.69, 9.17) is 10.6 Å². The second-order valence-corrected chi connectivity index (χ2v) is 6.64. The Labute approximate surface area is 130 Å². The van der Waals surface area contributed by atoms with E-state index in [9.17, 15) is 0 Å². The molecule has 0 fully saturated rings. The minimum absolute atomic E-state index is 0.0702. The van der Waals surface area contributed by atoms with E-state index in [1.165, 1.54) is 40.1 Å². The summed E-state index contributed by atoms with van der Waals surface area (Å²) in [6, 6.07) is 10.6. The van der Waals surface area contributed by atoms with Crippen molar-refractivity contribution in [2.24, 2.45) is 5.84 Å². The lowest BCUT2D eigenvalue weighted by Gasteiger charge is -2.15. The fourth-order valence-electron chi connectivity index (χ4n) is 2.81. The Hall–Kier alpha value is -1.36. The monoisotopic (exact) mass is 302 g/mol. The molecule has 1 atom stereocenters. The largest absolute Gasteiger partial charge is 0.494 e. The zero-order chi connectivity index (χ0) is 14.7. The van der Waals surface area contributed by atoms with Crippen LogP contribution in [0, 0.1) is 0 Å². The van der Waals surface area contributed by atoms with Gasteiger partial charge in [0.15, 0.2) is 0 Å². The maximum Gasteiger partial charge on any atom is 0.119 e. The van der Waals surface area contributed by atoms with Crippen LogP contribution in [0.25, 0.3) is 0 Å². The zero-order valence-electron chi connectivity index (χ0n) is 12.4. The van der Waals surface area contributed by atoms with Crippen LogP contribution in [-0.2, 0) is 12.8 Å². The van der Waals surface area contributed by atoms with E-state index < -0.39 is 0 Å². The summed E-state index contributed by atoms with van der Waals surface area (Å²) in [5.74, 6) is 6.72. The molecule has 112 valence electrons. The SMILES string of the molecule is CCCOc1ccc(C(NN)c2cc3c(s2)CCC3)cc1. The molecular weight excluding hydrogens is 280 g/mol. The average molecular weight is 302 g/mol. The summed E-state index contributed by atoms with van der Waals surface area (Å²) in [5, 5.41) is 0. The van der Waals surface area contributed by atoms with Crippen molar-refractivity contribution in [1.29, 1.82) is 0 Å². The highest BCUT2D eigenvalue weighted by atomic mass is 32.1. The maximum atomic E-state index is 5.80. The van der Waals surface area contributed by atoms with E-state index in [0.29, 0.717) is 0 Å². The number of nitrogens with one attached hydrogen (secondary N) is 1. The molecule has 0 bridgehead atoms. The molecule has 1 aliphatic rings. The first-order chi connectivity index (χ1) is 10.3. The Kier molecular flexibility index (Phi) is 4.58. The number of hydrogen-bond donors (Lipinski definition) is 2. The Morgan fingerprint density at radius 2 is 2.10 bits per heavy atom. The Morgan fingerprint density at radius 3 is 2.76 bits per heavy atom. The average Bonchev–Trinajstić information content (AvgIpc) is 3.09. The second-order valence-electron chi connectivity index (χ2n) is 5.47. The molecule has 0 radical (unpaired) electrons. The molecule has 1 aliphatic carbocycles. The molecule has 3 nitrogen and oxygen atoms in total. The number of ether oxygens (including phenoxy) is 1. The van der Waals surface area contributed by atoms with Crippen LogP contribution in [0.1, 0.15) is 46.7 Å². The molecule has 3 rings (SSSR count). The van der Waals surface area contributed by atoms with Gasteiger partial charge in [0.25, 0.3) is 0 Å². The summed E-state index contributed by atoms with van der Waals surface area (Å²) < 4.78 is 5.63. The molecule has 1 unspecified atom stereocenters. The van der Waals surface area contributed by atoms with Crippen molar-refractivity contribution in [2.45, 2.75) is 38.6 Å². The van der Waals surface area contributed by atoms with Gasteiger partial charge in [-0.1, -0.05) is 19.1 Å². The van der Waals surface area contributed by atoms with Gasteiger partial charge in [-0.15, -0.1) is 11.3 Å². The number of hydrogen-bond acceptors (Lipinski definition) is 4. The number of hydrazine groups is 1. The molecule has 4 heteroatoms. The standard InChI is InChI=1S/C17H22N2OS/c1-2-10-20-14-8-6-12(7-9-14)17(19-18)16-11-13-4-3-5-15(13)21-16/h6-9,11,17,19H,2-5,10,18H2,1H3. The number of aryl methyl sites for hydroxylation is 2. The molecular formula is C17H22N2OS. The maximum absolute atomic E-state index is 5.80. The van der Waals surface area contributed by atoms with Crippen molar-refractivity contribution in [1.82, 2.24) is 5.43 Å². The smallest absolute Gasteiger partial charge is 0.119 e. The zero-order valence-corrected chi connectivity index (χ0v) is 13.2. The summed E-state index contributed by atoms with van der Waals surface area (Å²) in [5.41, 5.74) is 5.65. The van der Waals surface area contributed by atoms with Crippen LogP contribution in [0.2, 0.25) is 0 Å². The number of benzene rings is 1. The Morgan fingerprint density at radius 1 is 1.29 bits per heavy atom. The van der Waals surface area contributed by atoms with Crippen molar-refractivity contribution in [2.75, 3.05) is 6.61 Å². The summed E-state index contributed by atoms with van der Waals surface area (Å²) in [6.45, 7) is 2.87. The topological polar surface area (TPSA) is 47.3 Å². The van der Waals surface area contributed by atoms with Crippen LogP contribution < -0.4 is 16.0 Å². The third kappa shape index (κ3) is 3.12. The van der Waals surface area contributed by atoms with Crippen LogP contribution in [0.5, 0.6) is 5.75 Å². The van der Waals surface area contributed by atoms with Gasteiger partial charge in [-0.05, 0) is 55.0 Å². The predicted octanol–water partition coefficient (Wildman–Crippen LogP) is 3.58. The molecule has 1 aromatic heterocycles. The van der Waals surface area contributed by atoms with Crippen LogP contribution in [-0.4, -0.2) is 6.61 Å². The first-order valence-electron chi connectivity index (χ1n) is 7.62. The Balaban J connectivity index is 1.78. The van der Waals surface area contributed by atoms with Crippen LogP contribution in [0.3, 0.4) is 0 Å². The van der Waals surface area contributed by atoms with Gasteiger partial charge in [-0.2, -0.15) is 0 Å². The molecule has 0 aliphatic heterocycles. The molecule has 2 aromatic rings. The van der Waals surface area contributed by atoms with E-state index in [1.54, 1.807) is 0 Å². The summed E-state index contributed by atoms with van der Waals surface area (Å²) in [6.07, 6.45) is 4.76. The van der Waals surface area contributed by atoms with E-state index in [-0.39, 0.29) is 6.04 Å². The van der Waals surface area contributed by atoms with Crippen molar-refractivity contribution in [3.63, 3.8) is 0 Å². The van der Waals surface area contributed by atoms with Gasteiger partial charge in [0.05, 0.1) is 12.6 Å². The van der Waals surface area contributed by atoms with Crippen molar-refractivity contribution < 1.29 is 4.74 Å². The van der Waals surface area contributed by atoms with Gasteiger partial charge < -0.3 is 4.74 Å². The molecule has 21 heavy (non-hydrogen) atoms. The molecule has 1 aromatic carbocycles. The van der Waals surface area contributed by atoms with Gasteiger partial charge in [-0.3, -0.25) is 5.84 Å². The summed E-state index contributed by atoms with van der Waals surface area (Å²) in [4.78, 5) is 2.84. The third-order valence-electron chi connectivity index (χ3n) is 3.90. The molecule has 3 N–H and O–H groups in total. The lowest BCUT2D eigenvalue weighted by molar-refractivity contribution is 0.317. The predicted molar refractivity (Wildman–Crippen MR) is 87.7 cm³/mol. The lowest BCUT2D eigenvalue weighted by atomic mass is 10.0. The van der Waals surface area contributed by atoms with E-state index in [0.717, 1.165) is 18.8 Å². The van der Waals surface area contributed by atoms with Crippen LogP contribution >= 0.6 is 11.3 Å². The number of rotatable bonds is 6. The first kappa shape index (κ1) is 14.6. The van der Waals surface area contributed by atoms with Gasteiger partial charge in [0.2, 0.25) is 0 Å². The fourth-order valence-corrected chi connectivity index (χ4v) is 4.16. The number of fused-ring (bicyclic) bond motifs is 1. The summed E-state index contributed by atoms with van der Waals surface area (Å²) >= 11 is 1.89. The second kappa shape index (κ2) is 6.60. The Bertz CT molecular complexity index is 570. The lowest BCUT2D eigenvalue weighted by Crippen LogP contribution is -2.28. The van der Waals surface area contributed by atoms with Crippen LogP contribution in [0.15, 0.2) is 30.3 Å². The van der Waals surface area contributed by atoms with E-state index >= 15 is 0 Å². The minimum atomic E-state index is 0.0702. The van der Waals surface area contributed by atoms with Crippen molar-refractivity contribution in [3.8, 4) is 5.75 Å². The fraction of sp³-hybridized carbons (Fsp3) is 0.412. The minimum Gasteiger partial charge on any atom is -0.494 e. The molecule has 0 saturated carbocycles. The summed E-state index contributed by atoms with van der Waals surface area (Å²) in [7, 11) is 0. The van der Waals surface area contributed by atoms with Crippen LogP contribution in [0.4, 0.5) is 0 Å².